The predicted molar refractivity (Wildman–Crippen MR) is 86.8 cm³/mol. The quantitative estimate of drug-likeness (QED) is 0.566. The zero-order valence-electron chi connectivity index (χ0n) is 12.0. The Morgan fingerprint density at radius 3 is 2.57 bits per heavy atom. The molecule has 4 nitrogen and oxygen atoms in total. The monoisotopic (exact) mass is 278 g/mol. The van der Waals surface area contributed by atoms with E-state index in [0.717, 1.165) is 24.1 Å². The van der Waals surface area contributed by atoms with Gasteiger partial charge in [0, 0.05) is 17.3 Å². The normalized spacial score (nSPS) is 10.8. The van der Waals surface area contributed by atoms with Crippen molar-refractivity contribution in [2.24, 2.45) is 5.84 Å². The van der Waals surface area contributed by atoms with Gasteiger partial charge in [-0.15, -0.1) is 0 Å². The summed E-state index contributed by atoms with van der Waals surface area (Å²) in [5, 5.41) is 2.39. The summed E-state index contributed by atoms with van der Waals surface area (Å²) in [5.41, 5.74) is 4.63. The lowest BCUT2D eigenvalue weighted by molar-refractivity contribution is 0.875. The van der Waals surface area contributed by atoms with E-state index in [9.17, 15) is 0 Å². The number of aryl methyl sites for hydroxylation is 1. The van der Waals surface area contributed by atoms with Gasteiger partial charge in [-0.3, -0.25) is 0 Å². The molecule has 0 radical (unpaired) electrons. The molecular weight excluding hydrogens is 260 g/mol. The van der Waals surface area contributed by atoms with Crippen LogP contribution in [0.4, 0.5) is 5.82 Å². The predicted octanol–water partition coefficient (Wildman–Crippen LogP) is 3.53. The molecule has 2 aromatic carbocycles. The lowest BCUT2D eigenvalue weighted by Crippen LogP contribution is -2.10. The summed E-state index contributed by atoms with van der Waals surface area (Å²) < 4.78 is 0. The van der Waals surface area contributed by atoms with Crippen LogP contribution >= 0.6 is 0 Å². The van der Waals surface area contributed by atoms with E-state index in [1.165, 1.54) is 10.8 Å². The first-order valence-electron chi connectivity index (χ1n) is 7.14. The van der Waals surface area contributed by atoms with Crippen LogP contribution in [0.15, 0.2) is 48.5 Å². The van der Waals surface area contributed by atoms with E-state index in [4.69, 9.17) is 5.84 Å². The number of aromatic nitrogens is 2. The van der Waals surface area contributed by atoms with Gasteiger partial charge in [-0.05, 0) is 23.3 Å². The number of hydrazine groups is 1. The summed E-state index contributed by atoms with van der Waals surface area (Å²) in [6, 6.07) is 16.4. The highest BCUT2D eigenvalue weighted by Crippen LogP contribution is 2.23. The van der Waals surface area contributed by atoms with E-state index in [1.807, 2.05) is 24.3 Å². The Labute approximate surface area is 124 Å². The van der Waals surface area contributed by atoms with Crippen LogP contribution in [0.25, 0.3) is 22.2 Å². The Balaban J connectivity index is 2.10. The third-order valence-corrected chi connectivity index (χ3v) is 3.44. The lowest BCUT2D eigenvalue weighted by Gasteiger charge is -2.08. The minimum absolute atomic E-state index is 0.650. The number of hydrogen-bond acceptors (Lipinski definition) is 4. The Kier molecular flexibility index (Phi) is 3.79. The number of nitrogens with one attached hydrogen (secondary N) is 1. The van der Waals surface area contributed by atoms with Crippen LogP contribution in [0.2, 0.25) is 0 Å². The van der Waals surface area contributed by atoms with Gasteiger partial charge in [0.2, 0.25) is 0 Å². The van der Waals surface area contributed by atoms with Crippen molar-refractivity contribution in [3.05, 3.63) is 54.2 Å². The first-order valence-corrected chi connectivity index (χ1v) is 7.14. The Hall–Kier alpha value is -2.46. The molecule has 21 heavy (non-hydrogen) atoms. The van der Waals surface area contributed by atoms with Crippen molar-refractivity contribution in [2.45, 2.75) is 19.8 Å². The van der Waals surface area contributed by atoms with E-state index >= 15 is 0 Å². The van der Waals surface area contributed by atoms with Crippen molar-refractivity contribution in [1.82, 2.24) is 9.97 Å². The highest BCUT2D eigenvalue weighted by atomic mass is 15.3. The molecule has 0 aliphatic carbocycles. The minimum Gasteiger partial charge on any atom is -0.308 e. The molecule has 0 aliphatic heterocycles. The second-order valence-electron chi connectivity index (χ2n) is 5.02. The minimum atomic E-state index is 0.650. The van der Waals surface area contributed by atoms with Gasteiger partial charge >= 0.3 is 0 Å². The molecule has 1 heterocycles. The molecule has 106 valence electrons. The fourth-order valence-corrected chi connectivity index (χ4v) is 2.41. The van der Waals surface area contributed by atoms with Crippen LogP contribution < -0.4 is 11.3 Å². The summed E-state index contributed by atoms with van der Waals surface area (Å²) in [6.07, 6.45) is 1.95. The number of benzene rings is 2. The zero-order chi connectivity index (χ0) is 14.7. The second-order valence-corrected chi connectivity index (χ2v) is 5.02. The molecule has 0 unspecified atom stereocenters. The summed E-state index contributed by atoms with van der Waals surface area (Å²) in [7, 11) is 0. The first-order chi connectivity index (χ1) is 10.3. The lowest BCUT2D eigenvalue weighted by atomic mass is 10.1. The molecule has 0 atom stereocenters. The molecule has 0 saturated carbocycles. The van der Waals surface area contributed by atoms with Gasteiger partial charge < -0.3 is 5.43 Å². The highest BCUT2D eigenvalue weighted by molar-refractivity contribution is 5.86. The Morgan fingerprint density at radius 1 is 1.00 bits per heavy atom. The van der Waals surface area contributed by atoms with E-state index in [0.29, 0.717) is 11.6 Å². The molecule has 1 aromatic heterocycles. The van der Waals surface area contributed by atoms with Gasteiger partial charge in [0.25, 0.3) is 0 Å². The molecule has 0 aliphatic rings. The molecule has 3 aromatic rings. The molecule has 4 heteroatoms. The largest absolute Gasteiger partial charge is 0.308 e. The maximum atomic E-state index is 5.51. The SMILES string of the molecule is CCCc1cc(NN)nc(-c2ccc3ccccc3c2)n1. The highest BCUT2D eigenvalue weighted by Gasteiger charge is 2.07. The van der Waals surface area contributed by atoms with Crippen molar-refractivity contribution in [3.63, 3.8) is 0 Å². The summed E-state index contributed by atoms with van der Waals surface area (Å²) in [5.74, 6) is 6.87. The summed E-state index contributed by atoms with van der Waals surface area (Å²) in [6.45, 7) is 2.13. The van der Waals surface area contributed by atoms with E-state index in [-0.39, 0.29) is 0 Å². The maximum absolute atomic E-state index is 5.51. The number of anilines is 1. The standard InChI is InChI=1S/C17H18N4/c1-2-5-15-11-16(21-18)20-17(19-15)14-9-8-12-6-3-4-7-13(12)10-14/h3-4,6-11H,2,5,18H2,1H3,(H,19,20,21). The zero-order valence-corrected chi connectivity index (χ0v) is 12.0. The number of fused-ring (bicyclic) bond motifs is 1. The molecule has 0 fully saturated rings. The van der Waals surface area contributed by atoms with Gasteiger partial charge in [0.05, 0.1) is 0 Å². The van der Waals surface area contributed by atoms with Crippen LogP contribution in [0.3, 0.4) is 0 Å². The Morgan fingerprint density at radius 2 is 1.81 bits per heavy atom. The maximum Gasteiger partial charge on any atom is 0.161 e. The summed E-state index contributed by atoms with van der Waals surface area (Å²) >= 11 is 0. The molecule has 3 rings (SSSR count). The Bertz CT molecular complexity index is 768. The molecule has 0 bridgehead atoms. The second kappa shape index (κ2) is 5.89. The third kappa shape index (κ3) is 2.85. The van der Waals surface area contributed by atoms with Crippen molar-refractivity contribution in [1.29, 1.82) is 0 Å². The van der Waals surface area contributed by atoms with Gasteiger partial charge in [0.15, 0.2) is 5.82 Å². The van der Waals surface area contributed by atoms with Crippen molar-refractivity contribution >= 4 is 16.6 Å². The number of hydrogen-bond donors (Lipinski definition) is 2. The molecule has 0 saturated heterocycles. The van der Waals surface area contributed by atoms with E-state index in [1.54, 1.807) is 0 Å². The van der Waals surface area contributed by atoms with E-state index < -0.39 is 0 Å². The van der Waals surface area contributed by atoms with Crippen LogP contribution in [0, 0.1) is 0 Å². The average molecular weight is 278 g/mol. The first kappa shape index (κ1) is 13.5. The molecular formula is C17H18N4. The van der Waals surface area contributed by atoms with Crippen LogP contribution in [0.5, 0.6) is 0 Å². The number of nitrogens with zero attached hydrogens (tertiary/aromatic N) is 2. The third-order valence-electron chi connectivity index (χ3n) is 3.44. The van der Waals surface area contributed by atoms with Crippen LogP contribution in [-0.4, -0.2) is 9.97 Å². The van der Waals surface area contributed by atoms with Gasteiger partial charge in [-0.25, -0.2) is 15.8 Å². The van der Waals surface area contributed by atoms with Crippen LogP contribution in [-0.2, 0) is 6.42 Å². The van der Waals surface area contributed by atoms with Gasteiger partial charge in [0.1, 0.15) is 5.82 Å². The number of nitrogens with two attached hydrogens (primary N) is 1. The van der Waals surface area contributed by atoms with Crippen molar-refractivity contribution < 1.29 is 0 Å². The van der Waals surface area contributed by atoms with Crippen molar-refractivity contribution in [2.75, 3.05) is 5.43 Å². The fraction of sp³-hybridized carbons (Fsp3) is 0.176. The fourth-order valence-electron chi connectivity index (χ4n) is 2.41. The molecule has 3 N–H and O–H groups in total. The molecule has 0 spiro atoms. The average Bonchev–Trinajstić information content (AvgIpc) is 2.54. The smallest absolute Gasteiger partial charge is 0.161 e. The van der Waals surface area contributed by atoms with Gasteiger partial charge in [-0.1, -0.05) is 49.7 Å². The van der Waals surface area contributed by atoms with Gasteiger partial charge in [-0.2, -0.15) is 0 Å². The van der Waals surface area contributed by atoms with Crippen molar-refractivity contribution in [3.8, 4) is 11.4 Å². The van der Waals surface area contributed by atoms with E-state index in [2.05, 4.69) is 46.6 Å². The van der Waals surface area contributed by atoms with Crippen LogP contribution in [0.1, 0.15) is 19.0 Å². The summed E-state index contributed by atoms with van der Waals surface area (Å²) in [4.78, 5) is 9.11. The molecule has 0 amide bonds. The topological polar surface area (TPSA) is 63.8 Å². The number of nitrogen functional groups attached to an aromatic ring is 1. The number of rotatable bonds is 4.